The van der Waals surface area contributed by atoms with Crippen LogP contribution in [0.5, 0.6) is 0 Å². The van der Waals surface area contributed by atoms with E-state index >= 15 is 0 Å². The number of thiazole rings is 1. The van der Waals surface area contributed by atoms with Crippen molar-refractivity contribution in [2.75, 3.05) is 20.3 Å². The summed E-state index contributed by atoms with van der Waals surface area (Å²) in [6, 6.07) is 0.161. The van der Waals surface area contributed by atoms with Gasteiger partial charge in [0.05, 0.1) is 11.2 Å². The van der Waals surface area contributed by atoms with Crippen LogP contribution in [0.2, 0.25) is 0 Å². The van der Waals surface area contributed by atoms with Gasteiger partial charge in [-0.3, -0.25) is 0 Å². The highest BCUT2D eigenvalue weighted by atomic mass is 32.1. The van der Waals surface area contributed by atoms with Gasteiger partial charge in [-0.25, -0.2) is 4.98 Å². The highest BCUT2D eigenvalue weighted by Gasteiger charge is 2.01. The zero-order valence-corrected chi connectivity index (χ0v) is 9.22. The van der Waals surface area contributed by atoms with Crippen LogP contribution in [0.15, 0.2) is 10.9 Å². The fourth-order valence-electron chi connectivity index (χ4n) is 1.08. The van der Waals surface area contributed by atoms with Gasteiger partial charge in [0.2, 0.25) is 0 Å². The van der Waals surface area contributed by atoms with Gasteiger partial charge in [0.15, 0.2) is 0 Å². The molecule has 1 aromatic rings. The second kappa shape index (κ2) is 6.89. The first kappa shape index (κ1) is 11.6. The largest absolute Gasteiger partial charge is 0.385 e. The molecule has 1 aromatic heterocycles. The lowest BCUT2D eigenvalue weighted by Gasteiger charge is -2.11. The van der Waals surface area contributed by atoms with Crippen molar-refractivity contribution in [3.63, 3.8) is 0 Å². The molecule has 0 aliphatic rings. The van der Waals surface area contributed by atoms with Crippen molar-refractivity contribution in [1.29, 1.82) is 0 Å². The van der Waals surface area contributed by atoms with Crippen LogP contribution in [-0.2, 0) is 11.3 Å². The zero-order chi connectivity index (χ0) is 10.2. The van der Waals surface area contributed by atoms with Crippen LogP contribution in [0.1, 0.15) is 12.1 Å². The van der Waals surface area contributed by atoms with E-state index in [1.807, 2.05) is 10.9 Å². The number of rotatable bonds is 7. The summed E-state index contributed by atoms with van der Waals surface area (Å²) in [4.78, 5) is 4.17. The van der Waals surface area contributed by atoms with Crippen LogP contribution < -0.4 is 11.1 Å². The summed E-state index contributed by atoms with van der Waals surface area (Å²) < 4.78 is 4.95. The maximum atomic E-state index is 5.84. The Hall–Kier alpha value is -0.490. The number of hydrogen-bond donors (Lipinski definition) is 2. The number of methoxy groups -OCH3 is 1. The van der Waals surface area contributed by atoms with E-state index in [1.54, 1.807) is 18.4 Å². The Bertz CT molecular complexity index is 228. The number of ether oxygens (including phenoxy) is 1. The van der Waals surface area contributed by atoms with E-state index in [4.69, 9.17) is 10.5 Å². The van der Waals surface area contributed by atoms with Crippen molar-refractivity contribution in [2.45, 2.75) is 19.0 Å². The SMILES string of the molecule is COCCC(N)CNCc1cscn1. The lowest BCUT2D eigenvalue weighted by atomic mass is 10.2. The lowest BCUT2D eigenvalue weighted by molar-refractivity contribution is 0.187. The van der Waals surface area contributed by atoms with E-state index in [2.05, 4.69) is 10.3 Å². The summed E-state index contributed by atoms with van der Waals surface area (Å²) in [5.41, 5.74) is 8.75. The van der Waals surface area contributed by atoms with Crippen molar-refractivity contribution in [2.24, 2.45) is 5.73 Å². The molecule has 3 N–H and O–H groups in total. The maximum absolute atomic E-state index is 5.84. The van der Waals surface area contributed by atoms with Gasteiger partial charge in [-0.15, -0.1) is 11.3 Å². The van der Waals surface area contributed by atoms with Gasteiger partial charge < -0.3 is 15.8 Å². The van der Waals surface area contributed by atoms with Gasteiger partial charge >= 0.3 is 0 Å². The summed E-state index contributed by atoms with van der Waals surface area (Å²) in [6.45, 7) is 2.32. The van der Waals surface area contributed by atoms with Crippen LogP contribution in [-0.4, -0.2) is 31.3 Å². The van der Waals surface area contributed by atoms with Gasteiger partial charge in [0, 0.05) is 38.2 Å². The third-order valence-corrected chi connectivity index (χ3v) is 2.52. The van der Waals surface area contributed by atoms with Crippen LogP contribution >= 0.6 is 11.3 Å². The number of aromatic nitrogens is 1. The first-order valence-electron chi connectivity index (χ1n) is 4.65. The minimum atomic E-state index is 0.161. The average Bonchev–Trinajstić information content (AvgIpc) is 2.67. The number of nitrogens with zero attached hydrogens (tertiary/aromatic N) is 1. The van der Waals surface area contributed by atoms with Crippen LogP contribution in [0, 0.1) is 0 Å². The first-order valence-corrected chi connectivity index (χ1v) is 5.59. The van der Waals surface area contributed by atoms with Crippen molar-refractivity contribution in [1.82, 2.24) is 10.3 Å². The molecule has 5 heteroatoms. The predicted molar refractivity (Wildman–Crippen MR) is 58.3 cm³/mol. The normalized spacial score (nSPS) is 13.0. The van der Waals surface area contributed by atoms with E-state index in [-0.39, 0.29) is 6.04 Å². The zero-order valence-electron chi connectivity index (χ0n) is 8.40. The molecule has 0 aliphatic carbocycles. The Labute approximate surface area is 88.5 Å². The highest BCUT2D eigenvalue weighted by molar-refractivity contribution is 7.07. The van der Waals surface area contributed by atoms with E-state index in [9.17, 15) is 0 Å². The van der Waals surface area contributed by atoms with Crippen molar-refractivity contribution in [3.05, 3.63) is 16.6 Å². The molecule has 0 amide bonds. The second-order valence-corrected chi connectivity index (χ2v) is 3.87. The summed E-state index contributed by atoms with van der Waals surface area (Å²) in [6.07, 6.45) is 0.889. The third kappa shape index (κ3) is 4.66. The molecule has 0 aliphatic heterocycles. The molecule has 1 unspecified atom stereocenters. The van der Waals surface area contributed by atoms with E-state index in [1.165, 1.54) is 0 Å². The molecule has 0 saturated carbocycles. The quantitative estimate of drug-likeness (QED) is 0.699. The Morgan fingerprint density at radius 1 is 1.71 bits per heavy atom. The van der Waals surface area contributed by atoms with E-state index < -0.39 is 0 Å². The molecule has 0 radical (unpaired) electrons. The fraction of sp³-hybridized carbons (Fsp3) is 0.667. The summed E-state index contributed by atoms with van der Waals surface area (Å²) in [7, 11) is 1.69. The Kier molecular flexibility index (Phi) is 5.70. The van der Waals surface area contributed by atoms with Crippen molar-refractivity contribution in [3.8, 4) is 0 Å². The van der Waals surface area contributed by atoms with Crippen LogP contribution in [0.4, 0.5) is 0 Å². The number of hydrogen-bond acceptors (Lipinski definition) is 5. The minimum Gasteiger partial charge on any atom is -0.385 e. The average molecular weight is 215 g/mol. The Morgan fingerprint density at radius 3 is 3.21 bits per heavy atom. The Balaban J connectivity index is 2.03. The lowest BCUT2D eigenvalue weighted by Crippen LogP contribution is -2.34. The van der Waals surface area contributed by atoms with E-state index in [0.29, 0.717) is 0 Å². The number of nitrogens with one attached hydrogen (secondary N) is 1. The molecule has 0 aromatic carbocycles. The first-order chi connectivity index (χ1) is 6.83. The molecule has 80 valence electrons. The second-order valence-electron chi connectivity index (χ2n) is 3.15. The van der Waals surface area contributed by atoms with Gasteiger partial charge in [-0.05, 0) is 6.42 Å². The molecule has 0 saturated heterocycles. The van der Waals surface area contributed by atoms with Gasteiger partial charge in [-0.2, -0.15) is 0 Å². The smallest absolute Gasteiger partial charge is 0.0795 e. The molecule has 0 bridgehead atoms. The standard InChI is InChI=1S/C9H17N3OS/c1-13-3-2-8(10)4-11-5-9-6-14-7-12-9/h6-8,11H,2-5,10H2,1H3. The monoisotopic (exact) mass is 215 g/mol. The van der Waals surface area contributed by atoms with Crippen LogP contribution in [0.25, 0.3) is 0 Å². The summed E-state index contributed by atoms with van der Waals surface area (Å²) >= 11 is 1.61. The molecule has 14 heavy (non-hydrogen) atoms. The maximum Gasteiger partial charge on any atom is 0.0795 e. The molecule has 1 rings (SSSR count). The molecule has 0 fully saturated rings. The molecular formula is C9H17N3OS. The minimum absolute atomic E-state index is 0.161. The van der Waals surface area contributed by atoms with Crippen molar-refractivity contribution >= 4 is 11.3 Å². The molecule has 0 spiro atoms. The number of nitrogens with two attached hydrogens (primary N) is 1. The van der Waals surface area contributed by atoms with Crippen molar-refractivity contribution < 1.29 is 4.74 Å². The molecule has 4 nitrogen and oxygen atoms in total. The molecule has 1 atom stereocenters. The highest BCUT2D eigenvalue weighted by Crippen LogP contribution is 1.99. The van der Waals surface area contributed by atoms with Gasteiger partial charge in [0.25, 0.3) is 0 Å². The third-order valence-electron chi connectivity index (χ3n) is 1.89. The topological polar surface area (TPSA) is 60.2 Å². The van der Waals surface area contributed by atoms with Crippen LogP contribution in [0.3, 0.4) is 0 Å². The molecule has 1 heterocycles. The molecular weight excluding hydrogens is 198 g/mol. The Morgan fingerprint density at radius 2 is 2.57 bits per heavy atom. The van der Waals surface area contributed by atoms with E-state index in [0.717, 1.165) is 31.8 Å². The summed E-state index contributed by atoms with van der Waals surface area (Å²) in [5.74, 6) is 0. The fourth-order valence-corrected chi connectivity index (χ4v) is 1.64. The van der Waals surface area contributed by atoms with Gasteiger partial charge in [0.1, 0.15) is 0 Å². The predicted octanol–water partition coefficient (Wildman–Crippen LogP) is 0.597. The summed E-state index contributed by atoms with van der Waals surface area (Å²) in [5, 5.41) is 5.30. The van der Waals surface area contributed by atoms with Gasteiger partial charge in [-0.1, -0.05) is 0 Å².